The van der Waals surface area contributed by atoms with Crippen molar-refractivity contribution in [2.75, 3.05) is 7.11 Å². The molecule has 8 nitrogen and oxygen atoms in total. The normalized spacial score (nSPS) is 11.9. The summed E-state index contributed by atoms with van der Waals surface area (Å²) in [6.45, 7) is 0. The minimum absolute atomic E-state index is 0.0693. The second-order valence-electron chi connectivity index (χ2n) is 4.59. The maximum atomic E-state index is 12.2. The maximum Gasteiger partial charge on any atom is 0.471 e. The number of hydrogen-bond donors (Lipinski definition) is 1. The smallest absolute Gasteiger partial charge is 0.467 e. The molecule has 0 aliphatic carbocycles. The van der Waals surface area contributed by atoms with E-state index in [1.54, 1.807) is 0 Å². The van der Waals surface area contributed by atoms with E-state index >= 15 is 0 Å². The molecule has 0 saturated heterocycles. The van der Waals surface area contributed by atoms with Gasteiger partial charge < -0.3 is 10.1 Å². The second-order valence-corrected chi connectivity index (χ2v) is 5.02. The fraction of sp³-hybridized carbons (Fsp3) is 0.286. The lowest BCUT2D eigenvalue weighted by Gasteiger charge is -2.16. The van der Waals surface area contributed by atoms with Gasteiger partial charge in [0.1, 0.15) is 6.04 Å². The van der Waals surface area contributed by atoms with Crippen LogP contribution in [0.2, 0.25) is 5.02 Å². The number of carbonyl (C=O) groups is 4. The minimum atomic E-state index is -5.28. The molecule has 1 aromatic rings. The lowest BCUT2D eigenvalue weighted by Crippen LogP contribution is -2.48. The molecule has 1 N–H and O–H groups in total. The van der Waals surface area contributed by atoms with Gasteiger partial charge >= 0.3 is 30.0 Å². The van der Waals surface area contributed by atoms with E-state index in [4.69, 9.17) is 11.6 Å². The Balaban J connectivity index is 2.65. The van der Waals surface area contributed by atoms with Crippen molar-refractivity contribution in [3.05, 3.63) is 34.9 Å². The van der Waals surface area contributed by atoms with Crippen LogP contribution in [-0.2, 0) is 28.9 Å². The van der Waals surface area contributed by atoms with Gasteiger partial charge in [-0.1, -0.05) is 17.7 Å². The summed E-state index contributed by atoms with van der Waals surface area (Å²) in [6.07, 6.45) is -6.35. The van der Waals surface area contributed by atoms with Gasteiger partial charge in [-0.3, -0.25) is 4.79 Å². The number of rotatable bonds is 5. The molecule has 0 radical (unpaired) electrons. The third kappa shape index (κ3) is 6.59. The molecular formula is C14H11ClF3NO7. The predicted molar refractivity (Wildman–Crippen MR) is 77.6 cm³/mol. The van der Waals surface area contributed by atoms with Crippen LogP contribution in [0.1, 0.15) is 16.8 Å². The lowest BCUT2D eigenvalue weighted by molar-refractivity contribution is -0.234. The Labute approximate surface area is 149 Å². The van der Waals surface area contributed by atoms with Crippen LogP contribution in [-0.4, -0.2) is 43.1 Å². The van der Waals surface area contributed by atoms with Gasteiger partial charge in [0, 0.05) is 5.02 Å². The first-order valence-corrected chi connectivity index (χ1v) is 7.05. The number of ether oxygens (including phenoxy) is 1. The topological polar surface area (TPSA) is 108 Å². The molecule has 0 heterocycles. The van der Waals surface area contributed by atoms with Gasteiger partial charge in [-0.25, -0.2) is 24.2 Å². The standard InChI is InChI=1S/C14H11ClF3NO7/c1-24-12(22)9(19-13(23)14(16,17)18)6-10(20)25-26-11(21)7-3-2-4-8(15)5-7/h2-5,9H,6H2,1H3,(H,19,23)/t9-/m0/s1. The number of benzene rings is 1. The Morgan fingerprint density at radius 2 is 1.85 bits per heavy atom. The van der Waals surface area contributed by atoms with Crippen LogP contribution in [0, 0.1) is 0 Å². The molecule has 0 fully saturated rings. The minimum Gasteiger partial charge on any atom is -0.467 e. The number of amides is 1. The number of esters is 1. The van der Waals surface area contributed by atoms with Crippen molar-refractivity contribution in [1.29, 1.82) is 0 Å². The van der Waals surface area contributed by atoms with Gasteiger partial charge in [-0.05, 0) is 18.2 Å². The van der Waals surface area contributed by atoms with Crippen LogP contribution in [0.5, 0.6) is 0 Å². The van der Waals surface area contributed by atoms with E-state index in [0.29, 0.717) is 0 Å². The third-order valence-electron chi connectivity index (χ3n) is 2.69. The zero-order valence-electron chi connectivity index (χ0n) is 13.0. The fourth-order valence-corrected chi connectivity index (χ4v) is 1.71. The molecule has 0 aromatic heterocycles. The van der Waals surface area contributed by atoms with Crippen molar-refractivity contribution >= 4 is 35.4 Å². The predicted octanol–water partition coefficient (Wildman–Crippen LogP) is 1.57. The van der Waals surface area contributed by atoms with E-state index in [9.17, 15) is 32.3 Å². The molecular weight excluding hydrogens is 387 g/mol. The van der Waals surface area contributed by atoms with Gasteiger partial charge in [0.25, 0.3) is 0 Å². The van der Waals surface area contributed by atoms with Crippen LogP contribution in [0.25, 0.3) is 0 Å². The van der Waals surface area contributed by atoms with Crippen LogP contribution >= 0.6 is 11.6 Å². The van der Waals surface area contributed by atoms with Gasteiger partial charge in [0.05, 0.1) is 19.1 Å². The summed E-state index contributed by atoms with van der Waals surface area (Å²) < 4.78 is 40.9. The Kier molecular flexibility index (Phi) is 7.38. The molecule has 0 unspecified atom stereocenters. The Morgan fingerprint density at radius 1 is 1.19 bits per heavy atom. The molecule has 1 aromatic carbocycles. The first kappa shape index (κ1) is 21.2. The highest BCUT2D eigenvalue weighted by molar-refractivity contribution is 6.30. The highest BCUT2D eigenvalue weighted by Gasteiger charge is 2.41. The summed E-state index contributed by atoms with van der Waals surface area (Å²) in [5.74, 6) is -6.31. The van der Waals surface area contributed by atoms with Crippen molar-refractivity contribution < 1.29 is 46.9 Å². The monoisotopic (exact) mass is 397 g/mol. The van der Waals surface area contributed by atoms with E-state index < -0.39 is 42.5 Å². The van der Waals surface area contributed by atoms with Gasteiger partial charge in [0.15, 0.2) is 0 Å². The highest BCUT2D eigenvalue weighted by Crippen LogP contribution is 2.15. The summed E-state index contributed by atoms with van der Waals surface area (Å²) in [5, 5.41) is 1.47. The maximum absolute atomic E-state index is 12.2. The number of hydrogen-bond acceptors (Lipinski definition) is 7. The van der Waals surface area contributed by atoms with Crippen molar-refractivity contribution in [3.63, 3.8) is 0 Å². The fourth-order valence-electron chi connectivity index (χ4n) is 1.52. The van der Waals surface area contributed by atoms with Gasteiger partial charge in [0.2, 0.25) is 0 Å². The summed E-state index contributed by atoms with van der Waals surface area (Å²) in [5.41, 5.74) is -0.0693. The van der Waals surface area contributed by atoms with Crippen molar-refractivity contribution in [2.24, 2.45) is 0 Å². The zero-order valence-corrected chi connectivity index (χ0v) is 13.7. The summed E-state index contributed by atoms with van der Waals surface area (Å²) in [7, 11) is 0.833. The Bertz CT molecular complexity index is 708. The quantitative estimate of drug-likeness (QED) is 0.456. The van der Waals surface area contributed by atoms with Crippen molar-refractivity contribution in [1.82, 2.24) is 5.32 Å². The largest absolute Gasteiger partial charge is 0.471 e. The number of nitrogens with one attached hydrogen (secondary N) is 1. The first-order valence-electron chi connectivity index (χ1n) is 6.67. The average Bonchev–Trinajstić information content (AvgIpc) is 2.57. The molecule has 0 saturated carbocycles. The molecule has 1 rings (SSSR count). The first-order chi connectivity index (χ1) is 12.0. The summed E-state index contributed by atoms with van der Waals surface area (Å²) in [4.78, 5) is 53.7. The second kappa shape index (κ2) is 9.04. The van der Waals surface area contributed by atoms with E-state index in [0.717, 1.165) is 7.11 Å². The number of halogens is 4. The Morgan fingerprint density at radius 3 is 2.38 bits per heavy atom. The van der Waals surface area contributed by atoms with Crippen LogP contribution in [0.3, 0.4) is 0 Å². The van der Waals surface area contributed by atoms with Gasteiger partial charge in [-0.2, -0.15) is 13.2 Å². The molecule has 26 heavy (non-hydrogen) atoms. The molecule has 1 amide bonds. The van der Waals surface area contributed by atoms with Crippen LogP contribution in [0.15, 0.2) is 24.3 Å². The third-order valence-corrected chi connectivity index (χ3v) is 2.92. The summed E-state index contributed by atoms with van der Waals surface area (Å²) >= 11 is 5.66. The van der Waals surface area contributed by atoms with Crippen LogP contribution in [0.4, 0.5) is 13.2 Å². The lowest BCUT2D eigenvalue weighted by atomic mass is 10.2. The molecule has 12 heteroatoms. The van der Waals surface area contributed by atoms with E-state index in [-0.39, 0.29) is 10.6 Å². The number of alkyl halides is 3. The molecule has 0 spiro atoms. The van der Waals surface area contributed by atoms with Crippen molar-refractivity contribution in [2.45, 2.75) is 18.6 Å². The molecule has 142 valence electrons. The number of methoxy groups -OCH3 is 1. The highest BCUT2D eigenvalue weighted by atomic mass is 35.5. The van der Waals surface area contributed by atoms with E-state index in [2.05, 4.69) is 14.5 Å². The average molecular weight is 398 g/mol. The molecule has 0 bridgehead atoms. The SMILES string of the molecule is COC(=O)[C@H](CC(=O)OOC(=O)c1cccc(Cl)c1)NC(=O)C(F)(F)F. The Hall–Kier alpha value is -2.82. The van der Waals surface area contributed by atoms with Crippen LogP contribution < -0.4 is 5.32 Å². The van der Waals surface area contributed by atoms with E-state index in [1.165, 1.54) is 29.6 Å². The number of carbonyl (C=O) groups excluding carboxylic acids is 4. The summed E-state index contributed by atoms with van der Waals surface area (Å²) in [6, 6.07) is 3.39. The molecule has 0 aliphatic rings. The zero-order chi connectivity index (χ0) is 19.9. The van der Waals surface area contributed by atoms with Gasteiger partial charge in [-0.15, -0.1) is 0 Å². The van der Waals surface area contributed by atoms with Crippen molar-refractivity contribution in [3.8, 4) is 0 Å². The van der Waals surface area contributed by atoms with E-state index in [1.807, 2.05) is 0 Å². The molecule has 0 aliphatic heterocycles. The molecule has 1 atom stereocenters.